The number of allylic oxidation sites excluding steroid dienone is 1. The SMILES string of the molecule is NCCC/C=C/CO. The van der Waals surface area contributed by atoms with Crippen molar-refractivity contribution in [1.29, 1.82) is 0 Å². The molecule has 0 aliphatic rings. The number of unbranched alkanes of at least 4 members (excludes halogenated alkanes) is 1. The van der Waals surface area contributed by atoms with Crippen LogP contribution in [0.25, 0.3) is 0 Å². The summed E-state index contributed by atoms with van der Waals surface area (Å²) in [4.78, 5) is 0. The molecule has 2 nitrogen and oxygen atoms in total. The molecule has 8 heavy (non-hydrogen) atoms. The van der Waals surface area contributed by atoms with E-state index in [0.29, 0.717) is 0 Å². The number of nitrogens with two attached hydrogens (primary N) is 1. The van der Waals surface area contributed by atoms with Gasteiger partial charge in [-0.15, -0.1) is 0 Å². The Bertz CT molecular complexity index is 61.5. The molecule has 0 fully saturated rings. The Balaban J connectivity index is 2.80. The Hall–Kier alpha value is -0.340. The fourth-order valence-electron chi connectivity index (χ4n) is 0.428. The zero-order valence-corrected chi connectivity index (χ0v) is 5.01. The van der Waals surface area contributed by atoms with Crippen LogP contribution in [-0.2, 0) is 0 Å². The van der Waals surface area contributed by atoms with E-state index in [9.17, 15) is 0 Å². The van der Waals surface area contributed by atoms with Gasteiger partial charge in [-0.2, -0.15) is 0 Å². The predicted octanol–water partition coefficient (Wildman–Crippen LogP) is 0.274. The molecule has 0 aromatic carbocycles. The van der Waals surface area contributed by atoms with Gasteiger partial charge in [-0.05, 0) is 19.4 Å². The topological polar surface area (TPSA) is 46.2 Å². The molecule has 0 aliphatic heterocycles. The van der Waals surface area contributed by atoms with Gasteiger partial charge in [0.25, 0.3) is 0 Å². The second-order valence-corrected chi connectivity index (χ2v) is 1.58. The molecule has 0 bridgehead atoms. The van der Waals surface area contributed by atoms with Crippen LogP contribution in [-0.4, -0.2) is 18.3 Å². The van der Waals surface area contributed by atoms with Gasteiger partial charge in [-0.1, -0.05) is 12.2 Å². The Morgan fingerprint density at radius 3 is 2.62 bits per heavy atom. The molecule has 0 radical (unpaired) electrons. The molecule has 3 N–H and O–H groups in total. The summed E-state index contributed by atoms with van der Waals surface area (Å²) in [6, 6.07) is 0. The number of aliphatic hydroxyl groups excluding tert-OH is 1. The fraction of sp³-hybridized carbons (Fsp3) is 0.667. The highest BCUT2D eigenvalue weighted by molar-refractivity contribution is 4.80. The minimum atomic E-state index is 0.143. The number of aliphatic hydroxyl groups is 1. The van der Waals surface area contributed by atoms with Crippen LogP contribution in [0.1, 0.15) is 12.8 Å². The second kappa shape index (κ2) is 6.66. The first-order chi connectivity index (χ1) is 3.91. The summed E-state index contributed by atoms with van der Waals surface area (Å²) in [7, 11) is 0. The van der Waals surface area contributed by atoms with Crippen molar-refractivity contribution in [2.75, 3.05) is 13.2 Å². The van der Waals surface area contributed by atoms with E-state index in [-0.39, 0.29) is 6.61 Å². The van der Waals surface area contributed by atoms with E-state index in [0.717, 1.165) is 19.4 Å². The molecule has 0 saturated heterocycles. The van der Waals surface area contributed by atoms with Gasteiger partial charge >= 0.3 is 0 Å². The van der Waals surface area contributed by atoms with E-state index in [4.69, 9.17) is 10.8 Å². The van der Waals surface area contributed by atoms with Crippen LogP contribution >= 0.6 is 0 Å². The van der Waals surface area contributed by atoms with Gasteiger partial charge in [0, 0.05) is 0 Å². The average molecular weight is 115 g/mol. The molecule has 0 unspecified atom stereocenters. The van der Waals surface area contributed by atoms with Crippen LogP contribution in [0.5, 0.6) is 0 Å². The summed E-state index contributed by atoms with van der Waals surface area (Å²) in [6.45, 7) is 0.875. The van der Waals surface area contributed by atoms with E-state index in [1.165, 1.54) is 0 Å². The van der Waals surface area contributed by atoms with Gasteiger partial charge in [0.2, 0.25) is 0 Å². The molecule has 0 aliphatic carbocycles. The van der Waals surface area contributed by atoms with Gasteiger partial charge in [0.05, 0.1) is 6.61 Å². The molecule has 0 heterocycles. The molecule has 0 aromatic heterocycles. The molecular formula is C6H13NO. The maximum absolute atomic E-state index is 8.25. The highest BCUT2D eigenvalue weighted by Crippen LogP contribution is 1.85. The summed E-state index contributed by atoms with van der Waals surface area (Å²) in [5.41, 5.74) is 5.21. The molecule has 0 atom stereocenters. The van der Waals surface area contributed by atoms with Crippen LogP contribution in [0.3, 0.4) is 0 Å². The summed E-state index contributed by atoms with van der Waals surface area (Å²) in [5.74, 6) is 0. The third-order valence-corrected chi connectivity index (χ3v) is 0.847. The van der Waals surface area contributed by atoms with E-state index in [1.54, 1.807) is 6.08 Å². The lowest BCUT2D eigenvalue weighted by Crippen LogP contribution is -1.96. The standard InChI is InChI=1S/C6H13NO/c7-5-3-1-2-4-6-8/h2,4,8H,1,3,5-7H2/b4-2+. The van der Waals surface area contributed by atoms with Gasteiger partial charge in [0.15, 0.2) is 0 Å². The third kappa shape index (κ3) is 5.66. The fourth-order valence-corrected chi connectivity index (χ4v) is 0.428. The van der Waals surface area contributed by atoms with Gasteiger partial charge in [0.1, 0.15) is 0 Å². The first-order valence-electron chi connectivity index (χ1n) is 2.87. The smallest absolute Gasteiger partial charge is 0.0612 e. The highest BCUT2D eigenvalue weighted by Gasteiger charge is 1.74. The lowest BCUT2D eigenvalue weighted by Gasteiger charge is -1.85. The van der Waals surface area contributed by atoms with Crippen LogP contribution in [0.4, 0.5) is 0 Å². The van der Waals surface area contributed by atoms with Gasteiger partial charge < -0.3 is 10.8 Å². The molecule has 0 saturated carbocycles. The number of hydrogen-bond acceptors (Lipinski definition) is 2. The Labute approximate surface area is 50.0 Å². The van der Waals surface area contributed by atoms with Gasteiger partial charge in [-0.3, -0.25) is 0 Å². The minimum absolute atomic E-state index is 0.143. The molecule has 0 amide bonds. The normalized spacial score (nSPS) is 10.8. The van der Waals surface area contributed by atoms with Crippen molar-refractivity contribution in [1.82, 2.24) is 0 Å². The van der Waals surface area contributed by atoms with Crippen molar-refractivity contribution < 1.29 is 5.11 Å². The first-order valence-corrected chi connectivity index (χ1v) is 2.87. The third-order valence-electron chi connectivity index (χ3n) is 0.847. The maximum atomic E-state index is 8.25. The van der Waals surface area contributed by atoms with Crippen molar-refractivity contribution in [3.8, 4) is 0 Å². The van der Waals surface area contributed by atoms with E-state index in [2.05, 4.69) is 0 Å². The van der Waals surface area contributed by atoms with Crippen molar-refractivity contribution in [2.24, 2.45) is 5.73 Å². The summed E-state index contributed by atoms with van der Waals surface area (Å²) >= 11 is 0. The molecule has 2 heteroatoms. The molecule has 0 spiro atoms. The molecule has 48 valence electrons. The van der Waals surface area contributed by atoms with Crippen LogP contribution < -0.4 is 5.73 Å². The lowest BCUT2D eigenvalue weighted by molar-refractivity contribution is 0.342. The zero-order chi connectivity index (χ0) is 6.24. The average Bonchev–Trinajstić information content (AvgIpc) is 1.81. The Kier molecular flexibility index (Phi) is 6.38. The Morgan fingerprint density at radius 1 is 1.38 bits per heavy atom. The maximum Gasteiger partial charge on any atom is 0.0612 e. The quantitative estimate of drug-likeness (QED) is 0.408. The van der Waals surface area contributed by atoms with Crippen molar-refractivity contribution in [2.45, 2.75) is 12.8 Å². The summed E-state index contributed by atoms with van der Waals surface area (Å²) in [5, 5.41) is 8.25. The lowest BCUT2D eigenvalue weighted by atomic mass is 10.3. The predicted molar refractivity (Wildman–Crippen MR) is 34.5 cm³/mol. The van der Waals surface area contributed by atoms with Crippen LogP contribution in [0.15, 0.2) is 12.2 Å². The second-order valence-electron chi connectivity index (χ2n) is 1.58. The number of hydrogen-bond donors (Lipinski definition) is 2. The summed E-state index contributed by atoms with van der Waals surface area (Å²) in [6.07, 6.45) is 5.66. The summed E-state index contributed by atoms with van der Waals surface area (Å²) < 4.78 is 0. The van der Waals surface area contributed by atoms with Crippen LogP contribution in [0.2, 0.25) is 0 Å². The van der Waals surface area contributed by atoms with E-state index in [1.807, 2.05) is 6.08 Å². The van der Waals surface area contributed by atoms with Crippen molar-refractivity contribution in [3.05, 3.63) is 12.2 Å². The van der Waals surface area contributed by atoms with Crippen molar-refractivity contribution in [3.63, 3.8) is 0 Å². The minimum Gasteiger partial charge on any atom is -0.392 e. The molecule has 0 aromatic rings. The molecular weight excluding hydrogens is 102 g/mol. The highest BCUT2D eigenvalue weighted by atomic mass is 16.2. The molecule has 0 rings (SSSR count). The first kappa shape index (κ1) is 7.66. The van der Waals surface area contributed by atoms with E-state index >= 15 is 0 Å². The van der Waals surface area contributed by atoms with Gasteiger partial charge in [-0.25, -0.2) is 0 Å². The van der Waals surface area contributed by atoms with E-state index < -0.39 is 0 Å². The monoisotopic (exact) mass is 115 g/mol. The van der Waals surface area contributed by atoms with Crippen molar-refractivity contribution >= 4 is 0 Å². The zero-order valence-electron chi connectivity index (χ0n) is 5.01. The number of rotatable bonds is 4. The largest absolute Gasteiger partial charge is 0.392 e. The van der Waals surface area contributed by atoms with Crippen LogP contribution in [0, 0.1) is 0 Å². The Morgan fingerprint density at radius 2 is 2.12 bits per heavy atom.